The van der Waals surface area contributed by atoms with Crippen molar-refractivity contribution in [2.45, 2.75) is 25.4 Å². The van der Waals surface area contributed by atoms with Crippen molar-refractivity contribution < 1.29 is 13.5 Å². The van der Waals surface area contributed by atoms with E-state index in [0.29, 0.717) is 32.1 Å². The van der Waals surface area contributed by atoms with Crippen molar-refractivity contribution in [3.05, 3.63) is 12.3 Å². The van der Waals surface area contributed by atoms with E-state index in [2.05, 4.69) is 14.9 Å². The van der Waals surface area contributed by atoms with Crippen LogP contribution in [0.1, 0.15) is 19.3 Å². The van der Waals surface area contributed by atoms with Gasteiger partial charge in [-0.25, -0.2) is 17.7 Å². The molecule has 0 aromatic carbocycles. The first kappa shape index (κ1) is 17.4. The standard InChI is InChI=1S/C15H25N5O3S/c1-24(22,23)20-9-3-8-18(10-11-20)15-16-6-5-14(17-15)19-7-2-4-13(21)12-19/h5-6,13,21H,2-4,7-12H2,1H3. The summed E-state index contributed by atoms with van der Waals surface area (Å²) in [4.78, 5) is 13.1. The Morgan fingerprint density at radius 1 is 1.12 bits per heavy atom. The molecule has 0 radical (unpaired) electrons. The first-order valence-corrected chi connectivity index (χ1v) is 10.2. The molecule has 134 valence electrons. The van der Waals surface area contributed by atoms with E-state index in [1.807, 2.05) is 11.0 Å². The number of β-amino-alcohol motifs (C(OH)–C–C–N with tert-alkyl or cyclic N) is 1. The lowest BCUT2D eigenvalue weighted by atomic mass is 10.1. The molecule has 0 saturated carbocycles. The van der Waals surface area contributed by atoms with Crippen molar-refractivity contribution in [3.63, 3.8) is 0 Å². The highest BCUT2D eigenvalue weighted by Crippen LogP contribution is 2.20. The third kappa shape index (κ3) is 4.14. The van der Waals surface area contributed by atoms with E-state index in [0.717, 1.165) is 38.2 Å². The molecule has 9 heteroatoms. The van der Waals surface area contributed by atoms with Crippen LogP contribution in [-0.4, -0.2) is 79.4 Å². The number of anilines is 2. The normalized spacial score (nSPS) is 24.0. The van der Waals surface area contributed by atoms with Crippen LogP contribution in [0.15, 0.2) is 12.3 Å². The maximum absolute atomic E-state index is 11.7. The monoisotopic (exact) mass is 355 g/mol. The van der Waals surface area contributed by atoms with Gasteiger partial charge in [-0.15, -0.1) is 0 Å². The molecule has 0 spiro atoms. The van der Waals surface area contributed by atoms with Gasteiger partial charge in [-0.3, -0.25) is 0 Å². The number of aliphatic hydroxyl groups excluding tert-OH is 1. The van der Waals surface area contributed by atoms with Gasteiger partial charge >= 0.3 is 0 Å². The van der Waals surface area contributed by atoms with Gasteiger partial charge in [0.25, 0.3) is 0 Å². The van der Waals surface area contributed by atoms with Crippen molar-refractivity contribution in [1.82, 2.24) is 14.3 Å². The molecule has 0 bridgehead atoms. The number of nitrogens with zero attached hydrogens (tertiary/aromatic N) is 5. The van der Waals surface area contributed by atoms with Crippen molar-refractivity contribution in [2.24, 2.45) is 0 Å². The van der Waals surface area contributed by atoms with Gasteiger partial charge in [-0.2, -0.15) is 4.98 Å². The van der Waals surface area contributed by atoms with Gasteiger partial charge in [0.2, 0.25) is 16.0 Å². The van der Waals surface area contributed by atoms with Crippen LogP contribution in [0.4, 0.5) is 11.8 Å². The second-order valence-corrected chi connectivity index (χ2v) is 8.44. The molecule has 0 aliphatic carbocycles. The molecule has 1 aromatic rings. The summed E-state index contributed by atoms with van der Waals surface area (Å²) in [6.45, 7) is 3.78. The van der Waals surface area contributed by atoms with Crippen molar-refractivity contribution in [2.75, 3.05) is 55.3 Å². The zero-order chi connectivity index (χ0) is 17.2. The predicted molar refractivity (Wildman–Crippen MR) is 92.7 cm³/mol. The first-order chi connectivity index (χ1) is 11.4. The topological polar surface area (TPSA) is 89.9 Å². The van der Waals surface area contributed by atoms with Crippen LogP contribution >= 0.6 is 0 Å². The summed E-state index contributed by atoms with van der Waals surface area (Å²) in [5.41, 5.74) is 0. The number of hydrogen-bond acceptors (Lipinski definition) is 7. The van der Waals surface area contributed by atoms with Gasteiger partial charge in [-0.05, 0) is 25.3 Å². The molecule has 3 heterocycles. The molecule has 24 heavy (non-hydrogen) atoms. The Morgan fingerprint density at radius 3 is 2.67 bits per heavy atom. The van der Waals surface area contributed by atoms with Gasteiger partial charge in [0.05, 0.1) is 12.4 Å². The number of piperidine rings is 1. The average Bonchev–Trinajstić information content (AvgIpc) is 2.81. The van der Waals surface area contributed by atoms with E-state index in [4.69, 9.17) is 0 Å². The summed E-state index contributed by atoms with van der Waals surface area (Å²) < 4.78 is 25.0. The summed E-state index contributed by atoms with van der Waals surface area (Å²) in [6, 6.07) is 1.86. The van der Waals surface area contributed by atoms with Gasteiger partial charge < -0.3 is 14.9 Å². The molecule has 3 rings (SSSR count). The smallest absolute Gasteiger partial charge is 0.227 e. The van der Waals surface area contributed by atoms with Crippen LogP contribution in [0.25, 0.3) is 0 Å². The molecule has 1 aromatic heterocycles. The highest BCUT2D eigenvalue weighted by atomic mass is 32.2. The van der Waals surface area contributed by atoms with Crippen molar-refractivity contribution in [1.29, 1.82) is 0 Å². The molecule has 2 aliphatic heterocycles. The Hall–Kier alpha value is -1.45. The summed E-state index contributed by atoms with van der Waals surface area (Å²) in [5.74, 6) is 1.45. The van der Waals surface area contributed by atoms with E-state index in [-0.39, 0.29) is 6.10 Å². The summed E-state index contributed by atoms with van der Waals surface area (Å²) in [6.07, 6.45) is 5.22. The zero-order valence-electron chi connectivity index (χ0n) is 14.0. The largest absolute Gasteiger partial charge is 0.391 e. The fraction of sp³-hybridized carbons (Fsp3) is 0.733. The lowest BCUT2D eigenvalue weighted by molar-refractivity contribution is 0.154. The Bertz CT molecular complexity index is 669. The maximum Gasteiger partial charge on any atom is 0.227 e. The SMILES string of the molecule is CS(=O)(=O)N1CCCN(c2nccc(N3CCCC(O)C3)n2)CC1. The minimum Gasteiger partial charge on any atom is -0.391 e. The number of aliphatic hydroxyl groups is 1. The van der Waals surface area contributed by atoms with Crippen LogP contribution in [0.2, 0.25) is 0 Å². The molecule has 2 aliphatic rings. The molecule has 2 fully saturated rings. The lowest BCUT2D eigenvalue weighted by Gasteiger charge is -2.31. The van der Waals surface area contributed by atoms with Crippen LogP contribution in [0.3, 0.4) is 0 Å². The molecular weight excluding hydrogens is 330 g/mol. The third-order valence-electron chi connectivity index (χ3n) is 4.56. The summed E-state index contributed by atoms with van der Waals surface area (Å²) in [5, 5.41) is 9.84. The van der Waals surface area contributed by atoms with E-state index >= 15 is 0 Å². The van der Waals surface area contributed by atoms with Crippen LogP contribution in [0.5, 0.6) is 0 Å². The number of hydrogen-bond donors (Lipinski definition) is 1. The van der Waals surface area contributed by atoms with Gasteiger partial charge in [0, 0.05) is 45.5 Å². The lowest BCUT2D eigenvalue weighted by Crippen LogP contribution is -2.39. The Kier molecular flexibility index (Phi) is 5.21. The third-order valence-corrected chi connectivity index (χ3v) is 5.86. The zero-order valence-corrected chi connectivity index (χ0v) is 14.8. The quantitative estimate of drug-likeness (QED) is 0.810. The van der Waals surface area contributed by atoms with E-state index in [1.54, 1.807) is 6.20 Å². The molecule has 2 saturated heterocycles. The highest BCUT2D eigenvalue weighted by Gasteiger charge is 2.24. The molecule has 8 nitrogen and oxygen atoms in total. The van der Waals surface area contributed by atoms with Crippen LogP contribution < -0.4 is 9.80 Å². The second-order valence-electron chi connectivity index (χ2n) is 6.46. The summed E-state index contributed by atoms with van der Waals surface area (Å²) >= 11 is 0. The van der Waals surface area contributed by atoms with E-state index in [1.165, 1.54) is 10.6 Å². The van der Waals surface area contributed by atoms with E-state index < -0.39 is 10.0 Å². The van der Waals surface area contributed by atoms with E-state index in [9.17, 15) is 13.5 Å². The minimum atomic E-state index is -3.16. The number of aromatic nitrogens is 2. The number of sulfonamides is 1. The minimum absolute atomic E-state index is 0.307. The highest BCUT2D eigenvalue weighted by molar-refractivity contribution is 7.88. The van der Waals surface area contributed by atoms with Gasteiger partial charge in [0.15, 0.2) is 0 Å². The molecule has 1 unspecified atom stereocenters. The fourth-order valence-electron chi connectivity index (χ4n) is 3.26. The Morgan fingerprint density at radius 2 is 1.92 bits per heavy atom. The molecular formula is C15H25N5O3S. The molecule has 0 amide bonds. The van der Waals surface area contributed by atoms with Crippen molar-refractivity contribution >= 4 is 21.8 Å². The molecule has 1 atom stereocenters. The average molecular weight is 355 g/mol. The fourth-order valence-corrected chi connectivity index (χ4v) is 4.13. The summed E-state index contributed by atoms with van der Waals surface area (Å²) in [7, 11) is -3.16. The maximum atomic E-state index is 11.7. The van der Waals surface area contributed by atoms with Gasteiger partial charge in [-0.1, -0.05) is 0 Å². The molecule has 1 N–H and O–H groups in total. The van der Waals surface area contributed by atoms with Crippen LogP contribution in [-0.2, 0) is 10.0 Å². The van der Waals surface area contributed by atoms with Gasteiger partial charge in [0.1, 0.15) is 5.82 Å². The predicted octanol–water partition coefficient (Wildman–Crippen LogP) is -0.0906. The van der Waals surface area contributed by atoms with Crippen LogP contribution in [0, 0.1) is 0 Å². The second kappa shape index (κ2) is 7.20. The number of rotatable bonds is 3. The first-order valence-electron chi connectivity index (χ1n) is 8.39. The Balaban J connectivity index is 1.72. The van der Waals surface area contributed by atoms with Crippen molar-refractivity contribution in [3.8, 4) is 0 Å². The Labute approximate surface area is 143 Å².